The summed E-state index contributed by atoms with van der Waals surface area (Å²) < 4.78 is 2.12. The number of amides is 3. The van der Waals surface area contributed by atoms with Crippen molar-refractivity contribution in [3.63, 3.8) is 0 Å². The number of urea groups is 1. The van der Waals surface area contributed by atoms with Gasteiger partial charge in [0.05, 0.1) is 22.3 Å². The topological polar surface area (TPSA) is 62.3 Å². The van der Waals surface area contributed by atoms with Crippen molar-refractivity contribution in [2.24, 2.45) is 0 Å². The Bertz CT molecular complexity index is 956. The first kappa shape index (κ1) is 19.0. The van der Waals surface area contributed by atoms with E-state index in [1.807, 2.05) is 55.5 Å². The van der Waals surface area contributed by atoms with E-state index in [4.69, 9.17) is 0 Å². The van der Waals surface area contributed by atoms with Gasteiger partial charge < -0.3 is 5.32 Å². The summed E-state index contributed by atoms with van der Waals surface area (Å²) in [5.74, 6) is 0.552. The van der Waals surface area contributed by atoms with Crippen molar-refractivity contribution >= 4 is 45.3 Å². The lowest BCUT2D eigenvalue weighted by atomic mass is 10.0. The molecule has 2 atom stereocenters. The number of β-lactam (4-membered cyclic amide) rings is 1. The number of fused-ring (bicyclic) bond motifs is 1. The molecule has 0 unspecified atom stereocenters. The van der Waals surface area contributed by atoms with Crippen LogP contribution in [0.4, 0.5) is 4.79 Å². The summed E-state index contributed by atoms with van der Waals surface area (Å²) in [5, 5.41) is 3.01. The Morgan fingerprint density at radius 1 is 1.25 bits per heavy atom. The molecule has 5 nitrogen and oxygen atoms in total. The van der Waals surface area contributed by atoms with Gasteiger partial charge in [-0.15, -0.1) is 11.3 Å². The summed E-state index contributed by atoms with van der Waals surface area (Å²) >= 11 is 3.25. The second kappa shape index (κ2) is 8.32. The molecule has 1 saturated heterocycles. The third kappa shape index (κ3) is 3.91. The SMILES string of the molecule is CC[C@@H](NC(=O)N1C(=O)C[C@@H]1CSc1nc2ccccc2s1)c1ccccc1. The number of aromatic nitrogens is 1. The fourth-order valence-electron chi connectivity index (χ4n) is 3.30. The zero-order valence-corrected chi connectivity index (χ0v) is 17.1. The minimum absolute atomic E-state index is 0.0854. The average Bonchev–Trinajstić information content (AvgIpc) is 3.12. The quantitative estimate of drug-likeness (QED) is 0.465. The second-order valence-corrected chi connectivity index (χ2v) is 9.00. The van der Waals surface area contributed by atoms with Crippen molar-refractivity contribution in [1.82, 2.24) is 15.2 Å². The minimum atomic E-state index is -0.304. The molecular formula is C21H21N3O2S2. The van der Waals surface area contributed by atoms with Gasteiger partial charge in [0, 0.05) is 12.2 Å². The van der Waals surface area contributed by atoms with Crippen molar-refractivity contribution in [2.75, 3.05) is 5.75 Å². The molecule has 1 aliphatic heterocycles. The molecule has 0 bridgehead atoms. The Morgan fingerprint density at radius 2 is 2.00 bits per heavy atom. The van der Waals surface area contributed by atoms with Crippen LogP contribution in [0.3, 0.4) is 0 Å². The molecule has 4 rings (SSSR count). The van der Waals surface area contributed by atoms with Crippen molar-refractivity contribution in [3.05, 3.63) is 60.2 Å². The van der Waals surface area contributed by atoms with E-state index < -0.39 is 0 Å². The number of hydrogen-bond acceptors (Lipinski definition) is 5. The van der Waals surface area contributed by atoms with Crippen LogP contribution in [0.2, 0.25) is 0 Å². The highest BCUT2D eigenvalue weighted by atomic mass is 32.2. The summed E-state index contributed by atoms with van der Waals surface area (Å²) in [7, 11) is 0. The van der Waals surface area contributed by atoms with Gasteiger partial charge in [-0.05, 0) is 24.1 Å². The van der Waals surface area contributed by atoms with Crippen molar-refractivity contribution in [2.45, 2.75) is 36.2 Å². The molecule has 1 N–H and O–H groups in total. The molecule has 0 aliphatic carbocycles. The van der Waals surface area contributed by atoms with Crippen LogP contribution in [-0.4, -0.2) is 33.6 Å². The number of imide groups is 1. The number of carbonyl (C=O) groups excluding carboxylic acids is 2. The van der Waals surface area contributed by atoms with Crippen molar-refractivity contribution in [3.8, 4) is 0 Å². The second-order valence-electron chi connectivity index (χ2n) is 6.70. The molecule has 1 aliphatic rings. The first-order chi connectivity index (χ1) is 13.7. The molecule has 1 aromatic heterocycles. The first-order valence-electron chi connectivity index (χ1n) is 9.31. The van der Waals surface area contributed by atoms with E-state index in [0.29, 0.717) is 12.2 Å². The average molecular weight is 412 g/mol. The zero-order chi connectivity index (χ0) is 19.5. The van der Waals surface area contributed by atoms with Crippen LogP contribution in [0.5, 0.6) is 0 Å². The highest BCUT2D eigenvalue weighted by molar-refractivity contribution is 8.01. The summed E-state index contributed by atoms with van der Waals surface area (Å²) in [4.78, 5) is 30.8. The van der Waals surface area contributed by atoms with Crippen molar-refractivity contribution in [1.29, 1.82) is 0 Å². The van der Waals surface area contributed by atoms with Crippen LogP contribution < -0.4 is 5.32 Å². The molecule has 3 aromatic rings. The molecule has 3 amide bonds. The highest BCUT2D eigenvalue weighted by Crippen LogP contribution is 2.33. The highest BCUT2D eigenvalue weighted by Gasteiger charge is 2.41. The van der Waals surface area contributed by atoms with E-state index in [2.05, 4.69) is 16.4 Å². The Balaban J connectivity index is 1.38. The van der Waals surface area contributed by atoms with Gasteiger partial charge in [-0.25, -0.2) is 9.78 Å². The first-order valence-corrected chi connectivity index (χ1v) is 11.1. The van der Waals surface area contributed by atoms with E-state index in [-0.39, 0.29) is 24.0 Å². The molecule has 0 saturated carbocycles. The van der Waals surface area contributed by atoms with E-state index in [9.17, 15) is 9.59 Å². The summed E-state index contributed by atoms with van der Waals surface area (Å²) in [6.07, 6.45) is 1.18. The van der Waals surface area contributed by atoms with E-state index in [1.165, 1.54) is 4.90 Å². The third-order valence-corrected chi connectivity index (χ3v) is 7.17. The van der Waals surface area contributed by atoms with Gasteiger partial charge in [0.15, 0.2) is 4.34 Å². The summed E-state index contributed by atoms with van der Waals surface area (Å²) in [6, 6.07) is 17.4. The number of rotatable bonds is 6. The van der Waals surface area contributed by atoms with Crippen molar-refractivity contribution < 1.29 is 9.59 Å². The van der Waals surface area contributed by atoms with Gasteiger partial charge >= 0.3 is 6.03 Å². The number of benzene rings is 2. The fraction of sp³-hybridized carbons (Fsp3) is 0.286. The van der Waals surface area contributed by atoms with Crippen LogP contribution >= 0.6 is 23.1 Å². The number of para-hydroxylation sites is 1. The maximum Gasteiger partial charge on any atom is 0.324 e. The maximum atomic E-state index is 12.7. The van der Waals surface area contributed by atoms with Crippen LogP contribution in [0.25, 0.3) is 10.2 Å². The monoisotopic (exact) mass is 411 g/mol. The normalized spacial score (nSPS) is 17.4. The standard InChI is InChI=1S/C21H21N3O2S2/c1-2-16(14-8-4-3-5-9-14)22-20(26)24-15(12-19(24)25)13-27-21-23-17-10-6-7-11-18(17)28-21/h3-11,15-16H,2,12-13H2,1H3,(H,22,26)/t15-,16-/m1/s1. The molecule has 144 valence electrons. The predicted molar refractivity (Wildman–Crippen MR) is 114 cm³/mol. The van der Waals surface area contributed by atoms with E-state index in [1.54, 1.807) is 23.1 Å². The van der Waals surface area contributed by atoms with Crippen LogP contribution in [0.1, 0.15) is 31.4 Å². The summed E-state index contributed by atoms with van der Waals surface area (Å²) in [5.41, 5.74) is 2.04. The van der Waals surface area contributed by atoms with Crippen LogP contribution in [-0.2, 0) is 4.79 Å². The van der Waals surface area contributed by atoms with Gasteiger partial charge in [0.2, 0.25) is 5.91 Å². The fourth-order valence-corrected chi connectivity index (χ4v) is 5.47. The largest absolute Gasteiger partial charge is 0.331 e. The zero-order valence-electron chi connectivity index (χ0n) is 15.5. The molecule has 28 heavy (non-hydrogen) atoms. The van der Waals surface area contributed by atoms with Crippen LogP contribution in [0, 0.1) is 0 Å². The molecule has 0 spiro atoms. The maximum absolute atomic E-state index is 12.7. The Labute approximate surface area is 172 Å². The number of nitrogens with one attached hydrogen (secondary N) is 1. The Morgan fingerprint density at radius 3 is 2.71 bits per heavy atom. The van der Waals surface area contributed by atoms with E-state index in [0.717, 1.165) is 26.5 Å². The number of carbonyl (C=O) groups is 2. The Kier molecular flexibility index (Phi) is 5.64. The van der Waals surface area contributed by atoms with Gasteiger partial charge in [-0.2, -0.15) is 0 Å². The lowest BCUT2D eigenvalue weighted by Crippen LogP contribution is -2.60. The molecule has 2 heterocycles. The van der Waals surface area contributed by atoms with Gasteiger partial charge in [0.25, 0.3) is 0 Å². The molecule has 2 aromatic carbocycles. The number of thioether (sulfide) groups is 1. The number of thiazole rings is 1. The lowest BCUT2D eigenvalue weighted by molar-refractivity contribution is -0.139. The molecule has 1 fully saturated rings. The number of nitrogens with zero attached hydrogens (tertiary/aromatic N) is 2. The molecule has 0 radical (unpaired) electrons. The Hall–Kier alpha value is -2.38. The van der Waals surface area contributed by atoms with Gasteiger partial charge in [-0.1, -0.05) is 61.2 Å². The lowest BCUT2D eigenvalue weighted by Gasteiger charge is -2.39. The predicted octanol–water partition coefficient (Wildman–Crippen LogP) is 4.85. The third-order valence-electron chi connectivity index (χ3n) is 4.84. The van der Waals surface area contributed by atoms with Gasteiger partial charge in [-0.3, -0.25) is 9.69 Å². The van der Waals surface area contributed by atoms with Crippen LogP contribution in [0.15, 0.2) is 58.9 Å². The van der Waals surface area contributed by atoms with Gasteiger partial charge in [0.1, 0.15) is 0 Å². The molecular weight excluding hydrogens is 390 g/mol. The minimum Gasteiger partial charge on any atom is -0.331 e. The molecule has 7 heteroatoms. The smallest absolute Gasteiger partial charge is 0.324 e. The number of likely N-dealkylation sites (tertiary alicyclic amines) is 1. The number of hydrogen-bond donors (Lipinski definition) is 1. The summed E-state index contributed by atoms with van der Waals surface area (Å²) in [6.45, 7) is 2.02. The van der Waals surface area contributed by atoms with E-state index >= 15 is 0 Å².